The molecule has 0 aliphatic carbocycles. The summed E-state index contributed by atoms with van der Waals surface area (Å²) in [4.78, 5) is 0. The van der Waals surface area contributed by atoms with E-state index in [2.05, 4.69) is 39.7 Å². The van der Waals surface area contributed by atoms with E-state index in [4.69, 9.17) is 4.74 Å². The zero-order valence-electron chi connectivity index (χ0n) is 12.5. The smallest absolute Gasteiger partial charge is 0.133 e. The highest BCUT2D eigenvalue weighted by molar-refractivity contribution is 5.52. The second kappa shape index (κ2) is 6.36. The second-order valence-electron chi connectivity index (χ2n) is 5.90. The van der Waals surface area contributed by atoms with Crippen LogP contribution in [0.1, 0.15) is 19.5 Å². The monoisotopic (exact) mass is 290 g/mol. The van der Waals surface area contributed by atoms with E-state index in [0.717, 1.165) is 43.2 Å². The van der Waals surface area contributed by atoms with Crippen molar-refractivity contribution in [3.05, 3.63) is 18.0 Å². The number of rotatable bonds is 5. The molecular formula is C14H22N6O. The molecule has 114 valence electrons. The quantitative estimate of drug-likeness (QED) is 0.853. The average Bonchev–Trinajstić information content (AvgIpc) is 3.08. The van der Waals surface area contributed by atoms with Crippen LogP contribution in [0, 0.1) is 5.92 Å². The van der Waals surface area contributed by atoms with E-state index in [1.807, 2.05) is 16.9 Å². The van der Waals surface area contributed by atoms with Crippen LogP contribution in [0.3, 0.4) is 0 Å². The summed E-state index contributed by atoms with van der Waals surface area (Å²) in [6, 6.07) is 2.05. The molecule has 2 aromatic rings. The van der Waals surface area contributed by atoms with Gasteiger partial charge in [0.25, 0.3) is 0 Å². The fraction of sp³-hybridized carbons (Fsp3) is 0.643. The maximum absolute atomic E-state index is 5.67. The molecule has 1 fully saturated rings. The van der Waals surface area contributed by atoms with Gasteiger partial charge in [0.15, 0.2) is 0 Å². The van der Waals surface area contributed by atoms with Crippen LogP contribution >= 0.6 is 0 Å². The molecule has 0 bridgehead atoms. The van der Waals surface area contributed by atoms with Gasteiger partial charge in [0.1, 0.15) is 11.4 Å². The van der Waals surface area contributed by atoms with Gasteiger partial charge in [-0.2, -0.15) is 5.10 Å². The number of nitrogens with one attached hydrogen (secondary N) is 2. The van der Waals surface area contributed by atoms with Crippen molar-refractivity contribution in [1.29, 1.82) is 0 Å². The second-order valence-corrected chi connectivity index (χ2v) is 5.90. The Morgan fingerprint density at radius 1 is 1.43 bits per heavy atom. The molecule has 2 N–H and O–H groups in total. The maximum Gasteiger partial charge on any atom is 0.133 e. The van der Waals surface area contributed by atoms with Crippen LogP contribution in [0.2, 0.25) is 0 Å². The molecule has 0 spiro atoms. The number of morpholine rings is 1. The third-order valence-corrected chi connectivity index (χ3v) is 3.46. The van der Waals surface area contributed by atoms with Crippen LogP contribution in [-0.4, -0.2) is 51.0 Å². The molecule has 0 radical (unpaired) electrons. The molecule has 7 heteroatoms. The summed E-state index contributed by atoms with van der Waals surface area (Å²) < 4.78 is 7.49. The van der Waals surface area contributed by atoms with Crippen LogP contribution in [0.25, 0.3) is 11.4 Å². The van der Waals surface area contributed by atoms with Crippen molar-refractivity contribution in [3.63, 3.8) is 0 Å². The van der Waals surface area contributed by atoms with Gasteiger partial charge in [-0.05, 0) is 18.4 Å². The summed E-state index contributed by atoms with van der Waals surface area (Å²) in [5, 5.41) is 19.1. The third-order valence-electron chi connectivity index (χ3n) is 3.46. The molecule has 1 atom stereocenters. The molecule has 3 rings (SSSR count). The van der Waals surface area contributed by atoms with Crippen molar-refractivity contribution in [2.24, 2.45) is 5.92 Å². The number of nitrogens with zero attached hydrogens (tertiary/aromatic N) is 4. The largest absolute Gasteiger partial charge is 0.374 e. The summed E-state index contributed by atoms with van der Waals surface area (Å²) in [6.45, 7) is 7.62. The summed E-state index contributed by atoms with van der Waals surface area (Å²) in [5.74, 6) is 0.602. The minimum Gasteiger partial charge on any atom is -0.374 e. The van der Waals surface area contributed by atoms with E-state index < -0.39 is 0 Å². The molecule has 0 aromatic carbocycles. The highest BCUT2D eigenvalue weighted by atomic mass is 16.5. The molecule has 0 saturated carbocycles. The highest BCUT2D eigenvalue weighted by Gasteiger charge is 2.16. The van der Waals surface area contributed by atoms with Crippen molar-refractivity contribution in [3.8, 4) is 11.4 Å². The first-order chi connectivity index (χ1) is 10.2. The van der Waals surface area contributed by atoms with Crippen molar-refractivity contribution in [2.75, 3.05) is 19.7 Å². The zero-order chi connectivity index (χ0) is 14.7. The minimum absolute atomic E-state index is 0.156. The van der Waals surface area contributed by atoms with Crippen LogP contribution in [0.5, 0.6) is 0 Å². The summed E-state index contributed by atoms with van der Waals surface area (Å²) in [7, 11) is 0. The van der Waals surface area contributed by atoms with Crippen LogP contribution in [-0.2, 0) is 17.7 Å². The van der Waals surface area contributed by atoms with Crippen molar-refractivity contribution in [2.45, 2.75) is 32.9 Å². The van der Waals surface area contributed by atoms with Crippen LogP contribution in [0.4, 0.5) is 0 Å². The molecule has 0 amide bonds. The Bertz CT molecular complexity index is 570. The number of aromatic nitrogens is 5. The molecule has 2 aromatic heterocycles. The lowest BCUT2D eigenvalue weighted by atomic mass is 10.1. The molecule has 21 heavy (non-hydrogen) atoms. The Hall–Kier alpha value is -1.73. The molecule has 1 saturated heterocycles. The van der Waals surface area contributed by atoms with Gasteiger partial charge in [0.2, 0.25) is 0 Å². The zero-order valence-corrected chi connectivity index (χ0v) is 12.5. The van der Waals surface area contributed by atoms with Crippen molar-refractivity contribution >= 4 is 0 Å². The lowest BCUT2D eigenvalue weighted by molar-refractivity contribution is 0.0158. The predicted octanol–water partition coefficient (Wildman–Crippen LogP) is 0.855. The number of hydrogen-bond donors (Lipinski definition) is 2. The Morgan fingerprint density at radius 2 is 2.33 bits per heavy atom. The normalized spacial score (nSPS) is 19.3. The molecule has 1 aliphatic rings. The molecule has 7 nitrogen and oxygen atoms in total. The van der Waals surface area contributed by atoms with Gasteiger partial charge >= 0.3 is 0 Å². The third kappa shape index (κ3) is 3.68. The Balaban J connectivity index is 1.65. The molecular weight excluding hydrogens is 268 g/mol. The number of H-pyrrole nitrogens is 1. The van der Waals surface area contributed by atoms with E-state index in [-0.39, 0.29) is 6.10 Å². The minimum atomic E-state index is 0.156. The Kier molecular flexibility index (Phi) is 4.31. The van der Waals surface area contributed by atoms with Gasteiger partial charge in [-0.15, -0.1) is 5.10 Å². The first-order valence-electron chi connectivity index (χ1n) is 7.48. The first kappa shape index (κ1) is 14.2. The fourth-order valence-electron chi connectivity index (χ4n) is 2.49. The van der Waals surface area contributed by atoms with Crippen molar-refractivity contribution in [1.82, 2.24) is 30.5 Å². The van der Waals surface area contributed by atoms with E-state index in [1.165, 1.54) is 0 Å². The summed E-state index contributed by atoms with van der Waals surface area (Å²) in [6.07, 6.45) is 3.07. The topological polar surface area (TPSA) is 80.7 Å². The van der Waals surface area contributed by atoms with Gasteiger partial charge in [-0.3, -0.25) is 5.10 Å². The van der Waals surface area contributed by atoms with Crippen molar-refractivity contribution < 1.29 is 4.74 Å². The highest BCUT2D eigenvalue weighted by Crippen LogP contribution is 2.16. The van der Waals surface area contributed by atoms with Gasteiger partial charge in [-0.1, -0.05) is 19.1 Å². The average molecular weight is 290 g/mol. The van der Waals surface area contributed by atoms with Gasteiger partial charge < -0.3 is 10.1 Å². The van der Waals surface area contributed by atoms with Gasteiger partial charge in [0.05, 0.1) is 25.5 Å². The van der Waals surface area contributed by atoms with Gasteiger partial charge in [0, 0.05) is 18.8 Å². The van der Waals surface area contributed by atoms with E-state index in [9.17, 15) is 0 Å². The first-order valence-corrected chi connectivity index (χ1v) is 7.48. The Morgan fingerprint density at radius 3 is 3.10 bits per heavy atom. The standard InChI is InChI=1S/C14H22N6O/c1-10(2)5-11-6-13(17-16-11)14-9-20(19-18-14)8-12-7-15-3-4-21-12/h6,9-10,12,15H,3-5,7-8H2,1-2H3,(H,16,17)/t12-/m1/s1. The van der Waals surface area contributed by atoms with Crippen LogP contribution in [0.15, 0.2) is 12.3 Å². The predicted molar refractivity (Wildman–Crippen MR) is 78.8 cm³/mol. The number of aromatic amines is 1. The maximum atomic E-state index is 5.67. The lowest BCUT2D eigenvalue weighted by Gasteiger charge is -2.23. The molecule has 1 aliphatic heterocycles. The van der Waals surface area contributed by atoms with Crippen LogP contribution < -0.4 is 5.32 Å². The SMILES string of the molecule is CC(C)Cc1cc(-c2cn(C[C@H]3CNCCO3)nn2)n[nH]1. The number of ether oxygens (including phenoxy) is 1. The van der Waals surface area contributed by atoms with Gasteiger partial charge in [-0.25, -0.2) is 4.68 Å². The van der Waals surface area contributed by atoms with E-state index >= 15 is 0 Å². The van der Waals surface area contributed by atoms with E-state index in [0.29, 0.717) is 12.5 Å². The molecule has 3 heterocycles. The summed E-state index contributed by atoms with van der Waals surface area (Å²) in [5.41, 5.74) is 2.78. The summed E-state index contributed by atoms with van der Waals surface area (Å²) >= 11 is 0. The Labute approximate surface area is 124 Å². The fourth-order valence-corrected chi connectivity index (χ4v) is 2.49. The lowest BCUT2D eigenvalue weighted by Crippen LogP contribution is -2.40. The van der Waals surface area contributed by atoms with E-state index in [1.54, 1.807) is 0 Å². The molecule has 0 unspecified atom stereocenters. The number of hydrogen-bond acceptors (Lipinski definition) is 5.